The number of phenols is 1. The Balaban J connectivity index is 2.93. The van der Waals surface area contributed by atoms with Gasteiger partial charge in [-0.3, -0.25) is 24.2 Å². The van der Waals surface area contributed by atoms with Crippen LogP contribution in [0.25, 0.3) is 0 Å². The number of nitrogens with two attached hydrogens (primary N) is 3. The smallest absolute Gasteiger partial charge is 0.325 e. The summed E-state index contributed by atoms with van der Waals surface area (Å²) in [5, 5.41) is 25.8. The largest absolute Gasteiger partial charge is 0.508 e. The molecule has 0 saturated heterocycles. The van der Waals surface area contributed by atoms with Crippen molar-refractivity contribution >= 4 is 42.3 Å². The fraction of sp³-hybridized carbons (Fsp3) is 0.476. The number of aromatic hydroxyl groups is 1. The van der Waals surface area contributed by atoms with Crippen molar-refractivity contribution in [3.63, 3.8) is 0 Å². The number of phenolic OH excluding ortho intramolecular Hbond substituents is 1. The summed E-state index contributed by atoms with van der Waals surface area (Å²) in [5.74, 6) is -3.44. The zero-order chi connectivity index (χ0) is 26.5. The Morgan fingerprint density at radius 2 is 1.57 bits per heavy atom. The third kappa shape index (κ3) is 11.0. The van der Waals surface area contributed by atoms with Crippen LogP contribution in [0.15, 0.2) is 29.3 Å². The molecule has 0 fully saturated rings. The second-order valence-corrected chi connectivity index (χ2v) is 8.16. The number of amides is 3. The van der Waals surface area contributed by atoms with Crippen LogP contribution < -0.4 is 33.2 Å². The van der Waals surface area contributed by atoms with Gasteiger partial charge >= 0.3 is 5.97 Å². The number of nitrogens with zero attached hydrogens (tertiary/aromatic N) is 1. The predicted molar refractivity (Wildman–Crippen MR) is 133 cm³/mol. The van der Waals surface area contributed by atoms with E-state index in [4.69, 9.17) is 22.3 Å². The maximum Gasteiger partial charge on any atom is 0.325 e. The normalized spacial score (nSPS) is 14.0. The first-order valence-electron chi connectivity index (χ1n) is 10.8. The van der Waals surface area contributed by atoms with E-state index >= 15 is 0 Å². The van der Waals surface area contributed by atoms with Gasteiger partial charge in [-0.2, -0.15) is 12.6 Å². The van der Waals surface area contributed by atoms with Gasteiger partial charge in [-0.05, 0) is 37.5 Å². The number of hydrogen-bond donors (Lipinski definition) is 9. The van der Waals surface area contributed by atoms with Gasteiger partial charge in [0.05, 0.1) is 6.04 Å². The highest BCUT2D eigenvalue weighted by molar-refractivity contribution is 7.80. The number of carboxylic acids is 1. The minimum Gasteiger partial charge on any atom is -0.508 e. The molecule has 14 heteroatoms. The van der Waals surface area contributed by atoms with Gasteiger partial charge < -0.3 is 43.4 Å². The van der Waals surface area contributed by atoms with E-state index in [1.807, 2.05) is 0 Å². The molecule has 1 aromatic carbocycles. The van der Waals surface area contributed by atoms with E-state index < -0.39 is 47.9 Å². The number of benzene rings is 1. The zero-order valence-corrected chi connectivity index (χ0v) is 20.2. The van der Waals surface area contributed by atoms with Gasteiger partial charge in [-0.25, -0.2) is 0 Å². The summed E-state index contributed by atoms with van der Waals surface area (Å²) in [7, 11) is 0. The van der Waals surface area contributed by atoms with Gasteiger partial charge in [-0.1, -0.05) is 12.1 Å². The maximum absolute atomic E-state index is 13.0. The van der Waals surface area contributed by atoms with E-state index in [1.165, 1.54) is 19.1 Å². The molecule has 3 amide bonds. The summed E-state index contributed by atoms with van der Waals surface area (Å²) < 4.78 is 0. The summed E-state index contributed by atoms with van der Waals surface area (Å²) in [6, 6.07) is 1.62. The molecule has 0 bridgehead atoms. The summed E-state index contributed by atoms with van der Waals surface area (Å²) in [4.78, 5) is 52.8. The number of carboxylic acid groups (broad SMARTS) is 1. The highest BCUT2D eigenvalue weighted by atomic mass is 32.1. The molecule has 0 heterocycles. The van der Waals surface area contributed by atoms with Crippen LogP contribution in [0.1, 0.15) is 25.3 Å². The topological polar surface area (TPSA) is 235 Å². The Bertz CT molecular complexity index is 908. The quantitative estimate of drug-likeness (QED) is 0.0569. The summed E-state index contributed by atoms with van der Waals surface area (Å²) >= 11 is 4.06. The Hall–Kier alpha value is -3.52. The van der Waals surface area contributed by atoms with E-state index in [0.717, 1.165) is 0 Å². The first-order chi connectivity index (χ1) is 16.4. The van der Waals surface area contributed by atoms with Gasteiger partial charge in [0.15, 0.2) is 5.96 Å². The molecule has 4 unspecified atom stereocenters. The fourth-order valence-corrected chi connectivity index (χ4v) is 3.11. The molecule has 35 heavy (non-hydrogen) atoms. The molecule has 0 aliphatic carbocycles. The lowest BCUT2D eigenvalue weighted by molar-refractivity contribution is -0.141. The molecule has 4 atom stereocenters. The van der Waals surface area contributed by atoms with E-state index in [1.54, 1.807) is 12.1 Å². The van der Waals surface area contributed by atoms with E-state index in [2.05, 4.69) is 33.6 Å². The van der Waals surface area contributed by atoms with Crippen molar-refractivity contribution in [1.29, 1.82) is 0 Å². The molecule has 0 aliphatic heterocycles. The van der Waals surface area contributed by atoms with Crippen LogP contribution in [0, 0.1) is 0 Å². The molecule has 1 rings (SSSR count). The standard InChI is InChI=1S/C21H33N7O6S/c1-11(20(33)34)26-19(32)16(10-35)28-18(31)15(9-12-4-6-13(29)7-5-12)27-17(30)14(22)3-2-8-25-21(23)24/h4-7,11,14-16,29,35H,2-3,8-10,22H2,1H3,(H,26,32)(H,27,30)(H,28,31)(H,33,34)(H4,23,24,25). The Morgan fingerprint density at radius 3 is 2.11 bits per heavy atom. The number of rotatable bonds is 14. The second kappa shape index (κ2) is 14.7. The number of carbonyl (C=O) groups excluding carboxylic acids is 3. The van der Waals surface area contributed by atoms with Crippen molar-refractivity contribution in [3.05, 3.63) is 29.8 Å². The monoisotopic (exact) mass is 511 g/mol. The third-order valence-electron chi connectivity index (χ3n) is 4.86. The average Bonchev–Trinajstić information content (AvgIpc) is 2.80. The number of guanidine groups is 1. The molecule has 11 N–H and O–H groups in total. The molecule has 0 radical (unpaired) electrons. The summed E-state index contributed by atoms with van der Waals surface area (Å²) in [6.45, 7) is 1.56. The van der Waals surface area contributed by atoms with E-state index in [0.29, 0.717) is 12.0 Å². The SMILES string of the molecule is CC(NC(=O)C(CS)NC(=O)C(Cc1ccc(O)cc1)NC(=O)C(N)CCCN=C(N)N)C(=O)O. The Morgan fingerprint density at radius 1 is 1.00 bits per heavy atom. The number of thiol groups is 1. The van der Waals surface area contributed by atoms with Gasteiger partial charge in [0, 0.05) is 18.7 Å². The molecular weight excluding hydrogens is 478 g/mol. The van der Waals surface area contributed by atoms with Crippen molar-refractivity contribution in [1.82, 2.24) is 16.0 Å². The van der Waals surface area contributed by atoms with Crippen molar-refractivity contribution in [2.75, 3.05) is 12.3 Å². The third-order valence-corrected chi connectivity index (χ3v) is 5.22. The molecule has 0 spiro atoms. The van der Waals surface area contributed by atoms with Crippen LogP contribution in [-0.4, -0.2) is 76.3 Å². The Kier molecular flexibility index (Phi) is 12.4. The lowest BCUT2D eigenvalue weighted by Gasteiger charge is -2.24. The molecule has 0 aromatic heterocycles. The maximum atomic E-state index is 13.0. The number of hydrogen-bond acceptors (Lipinski definition) is 8. The van der Waals surface area contributed by atoms with Crippen LogP contribution in [-0.2, 0) is 25.6 Å². The summed E-state index contributed by atoms with van der Waals surface area (Å²) in [5.41, 5.74) is 17.1. The van der Waals surface area contributed by atoms with Crippen LogP contribution in [0.2, 0.25) is 0 Å². The van der Waals surface area contributed by atoms with Gasteiger partial charge in [0.2, 0.25) is 17.7 Å². The minimum atomic E-state index is -1.24. The number of aliphatic imine (C=N–C) groups is 1. The van der Waals surface area contributed by atoms with E-state index in [9.17, 15) is 24.3 Å². The lowest BCUT2D eigenvalue weighted by Crippen LogP contribution is -2.58. The molecule has 13 nitrogen and oxygen atoms in total. The second-order valence-electron chi connectivity index (χ2n) is 7.80. The molecule has 0 aliphatic rings. The minimum absolute atomic E-state index is 0.0287. The van der Waals surface area contributed by atoms with Crippen molar-refractivity contribution in [2.45, 2.75) is 50.4 Å². The molecule has 0 saturated carbocycles. The summed E-state index contributed by atoms with van der Waals surface area (Å²) in [6.07, 6.45) is 0.723. The van der Waals surface area contributed by atoms with Gasteiger partial charge in [0.25, 0.3) is 0 Å². The predicted octanol–water partition coefficient (Wildman–Crippen LogP) is -2.20. The van der Waals surface area contributed by atoms with Crippen LogP contribution in [0.4, 0.5) is 0 Å². The first kappa shape index (κ1) is 29.5. The number of aliphatic carboxylic acids is 1. The highest BCUT2D eigenvalue weighted by Crippen LogP contribution is 2.12. The van der Waals surface area contributed by atoms with Crippen LogP contribution >= 0.6 is 12.6 Å². The van der Waals surface area contributed by atoms with Crippen molar-refractivity contribution in [2.24, 2.45) is 22.2 Å². The average molecular weight is 512 g/mol. The number of nitrogens with one attached hydrogen (secondary N) is 3. The Labute approximate surface area is 208 Å². The van der Waals surface area contributed by atoms with Gasteiger partial charge in [-0.15, -0.1) is 0 Å². The zero-order valence-electron chi connectivity index (χ0n) is 19.3. The molecular formula is C21H33N7O6S. The van der Waals surface area contributed by atoms with Crippen molar-refractivity contribution < 1.29 is 29.4 Å². The number of carbonyl (C=O) groups is 4. The fourth-order valence-electron chi connectivity index (χ4n) is 2.85. The van der Waals surface area contributed by atoms with E-state index in [-0.39, 0.29) is 36.8 Å². The highest BCUT2D eigenvalue weighted by Gasteiger charge is 2.29. The van der Waals surface area contributed by atoms with Crippen LogP contribution in [0.3, 0.4) is 0 Å². The lowest BCUT2D eigenvalue weighted by atomic mass is 10.0. The first-order valence-corrected chi connectivity index (χ1v) is 11.4. The molecule has 1 aromatic rings. The van der Waals surface area contributed by atoms with Gasteiger partial charge in [0.1, 0.15) is 23.9 Å². The van der Waals surface area contributed by atoms with Crippen molar-refractivity contribution in [3.8, 4) is 5.75 Å². The molecule has 194 valence electrons. The van der Waals surface area contributed by atoms with Crippen LogP contribution in [0.5, 0.6) is 5.75 Å².